The van der Waals surface area contributed by atoms with Crippen molar-refractivity contribution in [1.29, 1.82) is 0 Å². The fourth-order valence-electron chi connectivity index (χ4n) is 0.979. The molecule has 11 heavy (non-hydrogen) atoms. The smallest absolute Gasteiger partial charge is 0.0445 e. The minimum absolute atomic E-state index is 1.36. The Balaban J connectivity index is 2.45. The van der Waals surface area contributed by atoms with Crippen LogP contribution in [0.15, 0.2) is 29.0 Å². The highest BCUT2D eigenvalue weighted by molar-refractivity contribution is 7.20. The second kappa shape index (κ2) is 2.80. The van der Waals surface area contributed by atoms with Gasteiger partial charge in [0.05, 0.1) is 0 Å². The molecular weight excluding hydrogens is 172 g/mol. The molecule has 0 nitrogen and oxygen atoms in total. The van der Waals surface area contributed by atoms with E-state index in [1.807, 2.05) is 11.3 Å². The Morgan fingerprint density at radius 3 is 2.64 bits per heavy atom. The first-order chi connectivity index (χ1) is 5.36. The maximum Gasteiger partial charge on any atom is 0.0445 e. The van der Waals surface area contributed by atoms with Gasteiger partial charge in [-0.1, -0.05) is 6.07 Å². The summed E-state index contributed by atoms with van der Waals surface area (Å²) in [7, 11) is 0. The van der Waals surface area contributed by atoms with Crippen molar-refractivity contribution in [3.05, 3.63) is 34.5 Å². The van der Waals surface area contributed by atoms with Crippen LogP contribution in [-0.4, -0.2) is 0 Å². The van der Waals surface area contributed by atoms with Gasteiger partial charge in [0.15, 0.2) is 0 Å². The molecule has 2 heteroatoms. The Morgan fingerprint density at radius 1 is 1.18 bits per heavy atom. The van der Waals surface area contributed by atoms with Gasteiger partial charge in [0, 0.05) is 9.75 Å². The summed E-state index contributed by atoms with van der Waals surface area (Å²) in [5, 5.41) is 4.30. The molecule has 0 fully saturated rings. The van der Waals surface area contributed by atoms with Crippen LogP contribution in [0.1, 0.15) is 5.56 Å². The van der Waals surface area contributed by atoms with Crippen LogP contribution in [0.2, 0.25) is 0 Å². The van der Waals surface area contributed by atoms with E-state index in [1.165, 1.54) is 15.3 Å². The van der Waals surface area contributed by atoms with Crippen molar-refractivity contribution < 1.29 is 0 Å². The summed E-state index contributed by atoms with van der Waals surface area (Å²) in [5.74, 6) is 0. The monoisotopic (exact) mass is 180 g/mol. The fraction of sp³-hybridized carbons (Fsp3) is 0.111. The molecule has 2 heterocycles. The number of hydrogen-bond acceptors (Lipinski definition) is 2. The van der Waals surface area contributed by atoms with E-state index < -0.39 is 0 Å². The number of hydrogen-bond donors (Lipinski definition) is 0. The molecule has 0 atom stereocenters. The van der Waals surface area contributed by atoms with Crippen molar-refractivity contribution in [2.45, 2.75) is 6.92 Å². The minimum Gasteiger partial charge on any atom is -0.143 e. The van der Waals surface area contributed by atoms with E-state index >= 15 is 0 Å². The highest BCUT2D eigenvalue weighted by Crippen LogP contribution is 2.30. The minimum atomic E-state index is 1.36. The zero-order chi connectivity index (χ0) is 7.68. The van der Waals surface area contributed by atoms with Gasteiger partial charge < -0.3 is 0 Å². The molecule has 0 N–H and O–H groups in total. The predicted molar refractivity (Wildman–Crippen MR) is 52.4 cm³/mol. The third-order valence-corrected chi connectivity index (χ3v) is 3.61. The van der Waals surface area contributed by atoms with Gasteiger partial charge in [0.25, 0.3) is 0 Å². The van der Waals surface area contributed by atoms with Gasteiger partial charge in [-0.25, -0.2) is 0 Å². The Morgan fingerprint density at radius 2 is 2.09 bits per heavy atom. The van der Waals surface area contributed by atoms with Crippen LogP contribution in [-0.2, 0) is 0 Å². The zero-order valence-corrected chi connectivity index (χ0v) is 7.84. The van der Waals surface area contributed by atoms with E-state index in [0.717, 1.165) is 0 Å². The van der Waals surface area contributed by atoms with Gasteiger partial charge in [-0.3, -0.25) is 0 Å². The van der Waals surface area contributed by atoms with Crippen molar-refractivity contribution in [3.63, 3.8) is 0 Å². The third-order valence-electron chi connectivity index (χ3n) is 1.49. The van der Waals surface area contributed by atoms with Gasteiger partial charge in [0.1, 0.15) is 0 Å². The Kier molecular flexibility index (Phi) is 1.80. The molecule has 0 aliphatic rings. The molecule has 0 bridgehead atoms. The SMILES string of the molecule is Cc1csc(-c2cccs2)c1. The molecule has 0 aliphatic heterocycles. The van der Waals surface area contributed by atoms with Crippen LogP contribution < -0.4 is 0 Å². The second-order valence-electron chi connectivity index (χ2n) is 2.47. The lowest BCUT2D eigenvalue weighted by Crippen LogP contribution is -1.58. The van der Waals surface area contributed by atoms with Crippen molar-refractivity contribution in [2.75, 3.05) is 0 Å². The van der Waals surface area contributed by atoms with Crippen LogP contribution in [0.3, 0.4) is 0 Å². The van der Waals surface area contributed by atoms with Gasteiger partial charge in [-0.2, -0.15) is 0 Å². The fourth-order valence-corrected chi connectivity index (χ4v) is 2.72. The maximum atomic E-state index is 2.23. The molecule has 0 radical (unpaired) electrons. The molecule has 0 unspecified atom stereocenters. The molecule has 2 aromatic rings. The van der Waals surface area contributed by atoms with E-state index in [4.69, 9.17) is 0 Å². The molecule has 2 aromatic heterocycles. The van der Waals surface area contributed by atoms with Crippen LogP contribution in [0.4, 0.5) is 0 Å². The highest BCUT2D eigenvalue weighted by atomic mass is 32.1. The largest absolute Gasteiger partial charge is 0.143 e. The van der Waals surface area contributed by atoms with E-state index in [0.29, 0.717) is 0 Å². The zero-order valence-electron chi connectivity index (χ0n) is 6.20. The highest BCUT2D eigenvalue weighted by Gasteiger charge is 1.99. The van der Waals surface area contributed by atoms with Crippen molar-refractivity contribution >= 4 is 22.7 Å². The number of aryl methyl sites for hydroxylation is 1. The first kappa shape index (κ1) is 7.07. The molecule has 0 amide bonds. The predicted octanol–water partition coefficient (Wildman–Crippen LogP) is 3.79. The van der Waals surface area contributed by atoms with Gasteiger partial charge in [0.2, 0.25) is 0 Å². The Bertz CT molecular complexity index is 330. The lowest BCUT2D eigenvalue weighted by Gasteiger charge is -1.85. The standard InChI is InChI=1S/C9H8S2/c1-7-5-9(11-6-7)8-3-2-4-10-8/h2-6H,1H3. The molecule has 2 rings (SSSR count). The van der Waals surface area contributed by atoms with Gasteiger partial charge >= 0.3 is 0 Å². The first-order valence-corrected chi connectivity index (χ1v) is 5.21. The average Bonchev–Trinajstić information content (AvgIpc) is 2.55. The molecule has 56 valence electrons. The molecule has 0 saturated carbocycles. The van der Waals surface area contributed by atoms with E-state index in [1.54, 1.807) is 11.3 Å². The summed E-state index contributed by atoms with van der Waals surface area (Å²) >= 11 is 3.62. The lowest BCUT2D eigenvalue weighted by molar-refractivity contribution is 1.56. The summed E-state index contributed by atoms with van der Waals surface area (Å²) in [4.78, 5) is 2.76. The van der Waals surface area contributed by atoms with E-state index in [2.05, 4.69) is 35.9 Å². The van der Waals surface area contributed by atoms with Crippen molar-refractivity contribution in [1.82, 2.24) is 0 Å². The summed E-state index contributed by atoms with van der Waals surface area (Å²) in [6, 6.07) is 6.49. The summed E-state index contributed by atoms with van der Waals surface area (Å²) in [6.07, 6.45) is 0. The van der Waals surface area contributed by atoms with E-state index in [-0.39, 0.29) is 0 Å². The summed E-state index contributed by atoms with van der Waals surface area (Å²) in [5.41, 5.74) is 1.36. The lowest BCUT2D eigenvalue weighted by atomic mass is 10.3. The summed E-state index contributed by atoms with van der Waals surface area (Å²) in [6.45, 7) is 2.13. The van der Waals surface area contributed by atoms with E-state index in [9.17, 15) is 0 Å². The average molecular weight is 180 g/mol. The van der Waals surface area contributed by atoms with Crippen LogP contribution in [0.5, 0.6) is 0 Å². The van der Waals surface area contributed by atoms with Crippen molar-refractivity contribution in [3.8, 4) is 9.75 Å². The van der Waals surface area contributed by atoms with Crippen LogP contribution in [0.25, 0.3) is 9.75 Å². The topological polar surface area (TPSA) is 0 Å². The molecule has 0 spiro atoms. The van der Waals surface area contributed by atoms with Crippen molar-refractivity contribution in [2.24, 2.45) is 0 Å². The molecular formula is C9H8S2. The Hall–Kier alpha value is -0.600. The van der Waals surface area contributed by atoms with Crippen LogP contribution >= 0.6 is 22.7 Å². The molecule has 0 aliphatic carbocycles. The van der Waals surface area contributed by atoms with Crippen LogP contribution in [0, 0.1) is 6.92 Å². The first-order valence-electron chi connectivity index (χ1n) is 3.45. The second-order valence-corrected chi connectivity index (χ2v) is 4.32. The molecule has 0 aromatic carbocycles. The number of thiophene rings is 2. The normalized spacial score (nSPS) is 10.3. The Labute approximate surface area is 74.1 Å². The third kappa shape index (κ3) is 1.37. The summed E-state index contributed by atoms with van der Waals surface area (Å²) < 4.78 is 0. The molecule has 0 saturated heterocycles. The number of rotatable bonds is 1. The van der Waals surface area contributed by atoms with Gasteiger partial charge in [-0.05, 0) is 35.4 Å². The maximum absolute atomic E-state index is 2.23. The quantitative estimate of drug-likeness (QED) is 0.626. The van der Waals surface area contributed by atoms with Gasteiger partial charge in [-0.15, -0.1) is 22.7 Å².